The summed E-state index contributed by atoms with van der Waals surface area (Å²) in [5.74, 6) is 0.0865. The first kappa shape index (κ1) is 21.3. The molecule has 0 bridgehead atoms. The van der Waals surface area contributed by atoms with Gasteiger partial charge in [-0.1, -0.05) is 30.3 Å². The average Bonchev–Trinajstić information content (AvgIpc) is 3.35. The van der Waals surface area contributed by atoms with Crippen molar-refractivity contribution in [3.05, 3.63) is 35.9 Å². The highest BCUT2D eigenvalue weighted by molar-refractivity contribution is 14.0. The Labute approximate surface area is 170 Å². The van der Waals surface area contributed by atoms with Crippen LogP contribution in [0.2, 0.25) is 0 Å². The number of hydrogen-bond acceptors (Lipinski definition) is 1. The molecule has 1 aromatic carbocycles. The zero-order valence-corrected chi connectivity index (χ0v) is 17.3. The van der Waals surface area contributed by atoms with Crippen LogP contribution in [0.1, 0.15) is 50.5 Å². The molecule has 0 aromatic heterocycles. The molecule has 2 aliphatic carbocycles. The van der Waals surface area contributed by atoms with Gasteiger partial charge in [0.15, 0.2) is 5.96 Å². The number of benzene rings is 1. The molecule has 0 saturated heterocycles. The molecule has 1 aromatic rings. The monoisotopic (exact) mass is 481 g/mol. The van der Waals surface area contributed by atoms with E-state index in [-0.39, 0.29) is 42.9 Å². The number of nitrogens with zero attached hydrogens (tertiary/aromatic N) is 1. The van der Waals surface area contributed by atoms with Crippen LogP contribution in [0, 0.1) is 5.92 Å². The third-order valence-electron chi connectivity index (χ3n) is 5.19. The van der Waals surface area contributed by atoms with E-state index in [4.69, 9.17) is 0 Å². The summed E-state index contributed by atoms with van der Waals surface area (Å²) < 4.78 is 38.3. The van der Waals surface area contributed by atoms with E-state index >= 15 is 0 Å². The zero-order valence-electron chi connectivity index (χ0n) is 14.9. The van der Waals surface area contributed by atoms with Gasteiger partial charge in [0.1, 0.15) is 0 Å². The summed E-state index contributed by atoms with van der Waals surface area (Å²) in [6, 6.07) is 10.8. The SMILES string of the molecule is CCN=C(NC1CCC(C(F)(F)F)CC1)NC1CC1c1ccccc1.I. The Kier molecular flexibility index (Phi) is 7.61. The molecule has 2 N–H and O–H groups in total. The molecule has 3 rings (SSSR count). The van der Waals surface area contributed by atoms with Gasteiger partial charge in [-0.05, 0) is 44.6 Å². The molecule has 2 aliphatic rings. The van der Waals surface area contributed by atoms with Crippen LogP contribution >= 0.6 is 24.0 Å². The van der Waals surface area contributed by atoms with E-state index in [0.717, 1.165) is 12.4 Å². The van der Waals surface area contributed by atoms with E-state index < -0.39 is 12.1 Å². The summed E-state index contributed by atoms with van der Waals surface area (Å²) in [6.07, 6.45) is -1.49. The van der Waals surface area contributed by atoms with Crippen molar-refractivity contribution < 1.29 is 13.2 Å². The fraction of sp³-hybridized carbons (Fsp3) is 0.632. The molecule has 0 spiro atoms. The molecule has 3 nitrogen and oxygen atoms in total. The standard InChI is InChI=1S/C19H26F3N3.HI/c1-2-23-18(24-15-10-8-14(9-11-15)19(20,21)22)25-17-12-16(17)13-6-4-3-5-7-13;/h3-7,14-17H,2,8-12H2,1H3,(H2,23,24,25);1H. The van der Waals surface area contributed by atoms with E-state index in [9.17, 15) is 13.2 Å². The van der Waals surface area contributed by atoms with Crippen molar-refractivity contribution in [3.8, 4) is 0 Å². The van der Waals surface area contributed by atoms with Gasteiger partial charge in [0.25, 0.3) is 0 Å². The van der Waals surface area contributed by atoms with Gasteiger partial charge in [-0.25, -0.2) is 0 Å². The van der Waals surface area contributed by atoms with Gasteiger partial charge in [-0.2, -0.15) is 13.2 Å². The summed E-state index contributed by atoms with van der Waals surface area (Å²) in [7, 11) is 0. The first-order valence-electron chi connectivity index (χ1n) is 9.16. The smallest absolute Gasteiger partial charge is 0.354 e. The number of aliphatic imine (C=N–C) groups is 1. The molecular weight excluding hydrogens is 454 g/mol. The van der Waals surface area contributed by atoms with Gasteiger partial charge < -0.3 is 10.6 Å². The number of nitrogens with one attached hydrogen (secondary N) is 2. The Bertz CT molecular complexity index is 583. The highest BCUT2D eigenvalue weighted by Crippen LogP contribution is 2.41. The third-order valence-corrected chi connectivity index (χ3v) is 5.19. The zero-order chi connectivity index (χ0) is 17.9. The van der Waals surface area contributed by atoms with Crippen LogP contribution in [0.5, 0.6) is 0 Å². The number of guanidine groups is 1. The van der Waals surface area contributed by atoms with Gasteiger partial charge >= 0.3 is 6.18 Å². The molecule has 0 amide bonds. The van der Waals surface area contributed by atoms with Crippen molar-refractivity contribution in [1.82, 2.24) is 10.6 Å². The quantitative estimate of drug-likeness (QED) is 0.367. The Morgan fingerprint density at radius 1 is 1.08 bits per heavy atom. The first-order chi connectivity index (χ1) is 12.0. The maximum Gasteiger partial charge on any atom is 0.391 e. The van der Waals surface area contributed by atoms with Crippen LogP contribution in [-0.4, -0.2) is 30.8 Å². The van der Waals surface area contributed by atoms with E-state index in [1.54, 1.807) is 0 Å². The second-order valence-corrected chi connectivity index (χ2v) is 7.06. The summed E-state index contributed by atoms with van der Waals surface area (Å²) in [5, 5.41) is 6.79. The molecular formula is C19H27F3IN3. The Morgan fingerprint density at radius 3 is 2.31 bits per heavy atom. The van der Waals surface area contributed by atoms with Gasteiger partial charge in [0.05, 0.1) is 5.92 Å². The predicted octanol–water partition coefficient (Wildman–Crippen LogP) is 4.84. The molecule has 2 fully saturated rings. The minimum Gasteiger partial charge on any atom is -0.354 e. The van der Waals surface area contributed by atoms with E-state index in [2.05, 4.69) is 27.8 Å². The lowest BCUT2D eigenvalue weighted by Crippen LogP contribution is -2.46. The maximum absolute atomic E-state index is 12.8. The molecule has 146 valence electrons. The Hall–Kier alpha value is -0.990. The van der Waals surface area contributed by atoms with Crippen molar-refractivity contribution in [2.75, 3.05) is 6.54 Å². The highest BCUT2D eigenvalue weighted by atomic mass is 127. The lowest BCUT2D eigenvalue weighted by molar-refractivity contribution is -0.182. The summed E-state index contributed by atoms with van der Waals surface area (Å²) >= 11 is 0. The van der Waals surface area contributed by atoms with Crippen molar-refractivity contribution in [1.29, 1.82) is 0 Å². The Morgan fingerprint density at radius 2 is 1.73 bits per heavy atom. The number of rotatable bonds is 4. The van der Waals surface area contributed by atoms with Crippen LogP contribution in [0.25, 0.3) is 0 Å². The topological polar surface area (TPSA) is 36.4 Å². The number of halogens is 4. The van der Waals surface area contributed by atoms with Crippen molar-refractivity contribution in [2.45, 2.75) is 63.2 Å². The number of hydrogen-bond donors (Lipinski definition) is 2. The van der Waals surface area contributed by atoms with Gasteiger partial charge in [0, 0.05) is 24.5 Å². The molecule has 7 heteroatoms. The van der Waals surface area contributed by atoms with Crippen molar-refractivity contribution in [2.24, 2.45) is 10.9 Å². The molecule has 2 saturated carbocycles. The first-order valence-corrected chi connectivity index (χ1v) is 9.16. The van der Waals surface area contributed by atoms with Crippen LogP contribution < -0.4 is 10.6 Å². The van der Waals surface area contributed by atoms with Crippen LogP contribution in [0.15, 0.2) is 35.3 Å². The lowest BCUT2D eigenvalue weighted by atomic mass is 9.85. The molecule has 0 heterocycles. The fourth-order valence-electron chi connectivity index (χ4n) is 3.65. The number of alkyl halides is 3. The fourth-order valence-corrected chi connectivity index (χ4v) is 3.65. The lowest BCUT2D eigenvalue weighted by Gasteiger charge is -2.31. The third kappa shape index (κ3) is 5.76. The predicted molar refractivity (Wildman–Crippen MR) is 109 cm³/mol. The van der Waals surface area contributed by atoms with E-state index in [1.165, 1.54) is 5.56 Å². The maximum atomic E-state index is 12.8. The average molecular weight is 481 g/mol. The summed E-state index contributed by atoms with van der Waals surface area (Å²) in [6.45, 7) is 2.61. The minimum absolute atomic E-state index is 0. The van der Waals surface area contributed by atoms with Gasteiger partial charge in [-0.3, -0.25) is 4.99 Å². The molecule has 0 radical (unpaired) electrons. The van der Waals surface area contributed by atoms with Crippen molar-refractivity contribution in [3.63, 3.8) is 0 Å². The second-order valence-electron chi connectivity index (χ2n) is 7.06. The molecule has 2 unspecified atom stereocenters. The highest BCUT2D eigenvalue weighted by Gasteiger charge is 2.42. The van der Waals surface area contributed by atoms with E-state index in [0.29, 0.717) is 31.3 Å². The van der Waals surface area contributed by atoms with Crippen LogP contribution in [0.3, 0.4) is 0 Å². The summed E-state index contributed by atoms with van der Waals surface area (Å²) in [4.78, 5) is 4.47. The van der Waals surface area contributed by atoms with E-state index in [1.807, 2.05) is 25.1 Å². The normalized spacial score (nSPS) is 28.8. The van der Waals surface area contributed by atoms with Crippen LogP contribution in [0.4, 0.5) is 13.2 Å². The van der Waals surface area contributed by atoms with Gasteiger partial charge in [0.2, 0.25) is 0 Å². The molecule has 0 aliphatic heterocycles. The van der Waals surface area contributed by atoms with Crippen molar-refractivity contribution >= 4 is 29.9 Å². The minimum atomic E-state index is -4.06. The second kappa shape index (κ2) is 9.28. The van der Waals surface area contributed by atoms with Crippen LogP contribution in [-0.2, 0) is 0 Å². The molecule has 26 heavy (non-hydrogen) atoms. The Balaban J connectivity index is 0.00000243. The largest absolute Gasteiger partial charge is 0.391 e. The van der Waals surface area contributed by atoms with Gasteiger partial charge in [-0.15, -0.1) is 24.0 Å². The molecule has 2 atom stereocenters. The summed E-state index contributed by atoms with van der Waals surface area (Å²) in [5.41, 5.74) is 1.32.